The molecule has 0 saturated heterocycles. The number of unbranched alkanes of at least 4 members (excludes halogenated alkanes) is 3. The summed E-state index contributed by atoms with van der Waals surface area (Å²) in [5.41, 5.74) is 0. The molecule has 0 bridgehead atoms. The Labute approximate surface area is 90.5 Å². The van der Waals surface area contributed by atoms with Gasteiger partial charge in [0.05, 0.1) is 12.7 Å². The molecule has 0 radical (unpaired) electrons. The van der Waals surface area contributed by atoms with Crippen LogP contribution in [-0.4, -0.2) is 40.2 Å². The Morgan fingerprint density at radius 2 is 1.85 bits per heavy atom. The predicted octanol–water partition coefficient (Wildman–Crippen LogP) is 1.56. The Hall–Kier alpha value is 0.620. The largest absolute Gasteiger partial charge is 0.394 e. The third kappa shape index (κ3) is 10.5. The number of aliphatic hydroxyl groups excluding tert-OH is 2. The van der Waals surface area contributed by atoms with E-state index < -0.39 is 6.10 Å². The fourth-order valence-electron chi connectivity index (χ4n) is 0.942. The lowest BCUT2D eigenvalue weighted by Crippen LogP contribution is -2.14. The second kappa shape index (κ2) is 10.7. The molecule has 0 aromatic heterocycles. The van der Waals surface area contributed by atoms with Gasteiger partial charge >= 0.3 is 0 Å². The highest BCUT2D eigenvalue weighted by Gasteiger charge is 2.00. The van der Waals surface area contributed by atoms with Crippen LogP contribution in [-0.2, 0) is 0 Å². The molecule has 13 heavy (non-hydrogen) atoms. The number of aliphatic hydroxyl groups is 2. The molecular formula is C9H20O2S2. The number of hydrogen-bond acceptors (Lipinski definition) is 4. The highest BCUT2D eigenvalue weighted by atomic mass is 32.2. The first-order chi connectivity index (χ1) is 6.31. The molecule has 0 fully saturated rings. The second-order valence-electron chi connectivity index (χ2n) is 3.05. The Morgan fingerprint density at radius 1 is 1.15 bits per heavy atom. The number of rotatable bonds is 9. The number of thiol groups is 1. The molecule has 0 saturated carbocycles. The maximum absolute atomic E-state index is 9.02. The van der Waals surface area contributed by atoms with Crippen LogP contribution in [0.2, 0.25) is 0 Å². The first-order valence-electron chi connectivity index (χ1n) is 4.78. The topological polar surface area (TPSA) is 40.5 Å². The smallest absolute Gasteiger partial charge is 0.0861 e. The van der Waals surface area contributed by atoms with Crippen LogP contribution >= 0.6 is 24.4 Å². The Bertz CT molecular complexity index is 102. The molecule has 0 aromatic rings. The van der Waals surface area contributed by atoms with E-state index in [2.05, 4.69) is 12.6 Å². The van der Waals surface area contributed by atoms with Crippen molar-refractivity contribution in [1.82, 2.24) is 0 Å². The molecule has 80 valence electrons. The van der Waals surface area contributed by atoms with Crippen molar-refractivity contribution in [3.05, 3.63) is 0 Å². The predicted molar refractivity (Wildman–Crippen MR) is 62.7 cm³/mol. The summed E-state index contributed by atoms with van der Waals surface area (Å²) in [5, 5.41) is 17.6. The van der Waals surface area contributed by atoms with Crippen LogP contribution in [0.3, 0.4) is 0 Å². The van der Waals surface area contributed by atoms with Crippen LogP contribution in [0.25, 0.3) is 0 Å². The van der Waals surface area contributed by atoms with Crippen molar-refractivity contribution in [3.8, 4) is 0 Å². The van der Waals surface area contributed by atoms with Gasteiger partial charge in [-0.1, -0.05) is 12.8 Å². The van der Waals surface area contributed by atoms with E-state index in [1.165, 1.54) is 25.7 Å². The first kappa shape index (κ1) is 13.6. The van der Waals surface area contributed by atoms with Crippen molar-refractivity contribution >= 4 is 24.4 Å². The highest BCUT2D eigenvalue weighted by Crippen LogP contribution is 2.09. The summed E-state index contributed by atoms with van der Waals surface area (Å²) in [6.07, 6.45) is 4.38. The van der Waals surface area contributed by atoms with Crippen LogP contribution in [0.1, 0.15) is 25.7 Å². The number of hydrogen-bond donors (Lipinski definition) is 3. The van der Waals surface area contributed by atoms with Crippen LogP contribution in [0.15, 0.2) is 0 Å². The zero-order chi connectivity index (χ0) is 9.94. The van der Waals surface area contributed by atoms with Gasteiger partial charge in [-0.3, -0.25) is 0 Å². The Morgan fingerprint density at radius 3 is 2.46 bits per heavy atom. The lowest BCUT2D eigenvalue weighted by atomic mass is 10.2. The molecule has 0 amide bonds. The SMILES string of the molecule is OCC(O)CSCCCCCCS. The number of thioether (sulfide) groups is 1. The minimum atomic E-state index is -0.539. The Kier molecular flexibility index (Phi) is 11.2. The quantitative estimate of drug-likeness (QED) is 0.411. The van der Waals surface area contributed by atoms with Gasteiger partial charge in [-0.2, -0.15) is 24.4 Å². The van der Waals surface area contributed by atoms with E-state index in [1.54, 1.807) is 11.8 Å². The van der Waals surface area contributed by atoms with E-state index in [4.69, 9.17) is 10.2 Å². The molecule has 0 spiro atoms. The molecule has 2 nitrogen and oxygen atoms in total. The van der Waals surface area contributed by atoms with Gasteiger partial charge in [0.2, 0.25) is 0 Å². The van der Waals surface area contributed by atoms with Crippen molar-refractivity contribution in [3.63, 3.8) is 0 Å². The summed E-state index contributed by atoms with van der Waals surface area (Å²) in [6, 6.07) is 0. The van der Waals surface area contributed by atoms with Gasteiger partial charge in [0.25, 0.3) is 0 Å². The van der Waals surface area contributed by atoms with Crippen LogP contribution in [0.4, 0.5) is 0 Å². The Balaban J connectivity index is 2.91. The summed E-state index contributed by atoms with van der Waals surface area (Å²) >= 11 is 5.85. The normalized spacial score (nSPS) is 13.2. The molecule has 0 aliphatic rings. The second-order valence-corrected chi connectivity index (χ2v) is 4.65. The van der Waals surface area contributed by atoms with Crippen molar-refractivity contribution in [2.75, 3.05) is 23.9 Å². The van der Waals surface area contributed by atoms with Crippen molar-refractivity contribution in [2.24, 2.45) is 0 Å². The van der Waals surface area contributed by atoms with Gasteiger partial charge in [0.1, 0.15) is 0 Å². The highest BCUT2D eigenvalue weighted by molar-refractivity contribution is 7.99. The lowest BCUT2D eigenvalue weighted by molar-refractivity contribution is 0.113. The molecule has 0 heterocycles. The fraction of sp³-hybridized carbons (Fsp3) is 1.00. The standard InChI is InChI=1S/C9H20O2S2/c10-7-9(11)8-13-6-4-2-1-3-5-12/h9-12H,1-8H2. The molecule has 4 heteroatoms. The molecule has 1 atom stereocenters. The zero-order valence-corrected chi connectivity index (χ0v) is 9.70. The van der Waals surface area contributed by atoms with E-state index in [0.29, 0.717) is 5.75 Å². The van der Waals surface area contributed by atoms with Crippen LogP contribution in [0, 0.1) is 0 Å². The minimum absolute atomic E-state index is 0.118. The van der Waals surface area contributed by atoms with Gasteiger partial charge in [-0.25, -0.2) is 0 Å². The maximum Gasteiger partial charge on any atom is 0.0861 e. The molecular weight excluding hydrogens is 204 g/mol. The summed E-state index contributed by atoms with van der Waals surface area (Å²) < 4.78 is 0. The van der Waals surface area contributed by atoms with E-state index in [9.17, 15) is 0 Å². The van der Waals surface area contributed by atoms with Gasteiger partial charge in [-0.15, -0.1) is 0 Å². The lowest BCUT2D eigenvalue weighted by Gasteiger charge is -2.05. The average molecular weight is 224 g/mol. The van der Waals surface area contributed by atoms with Crippen molar-refractivity contribution in [2.45, 2.75) is 31.8 Å². The molecule has 1 unspecified atom stereocenters. The molecule has 0 aliphatic heterocycles. The fourth-order valence-corrected chi connectivity index (χ4v) is 2.12. The molecule has 0 aliphatic carbocycles. The van der Waals surface area contributed by atoms with E-state index >= 15 is 0 Å². The van der Waals surface area contributed by atoms with Crippen molar-refractivity contribution in [1.29, 1.82) is 0 Å². The van der Waals surface area contributed by atoms with E-state index in [0.717, 1.165) is 11.5 Å². The van der Waals surface area contributed by atoms with Crippen LogP contribution < -0.4 is 0 Å². The zero-order valence-electron chi connectivity index (χ0n) is 7.98. The van der Waals surface area contributed by atoms with Gasteiger partial charge in [-0.05, 0) is 24.3 Å². The van der Waals surface area contributed by atoms with E-state index in [1.807, 2.05) is 0 Å². The monoisotopic (exact) mass is 224 g/mol. The van der Waals surface area contributed by atoms with Gasteiger partial charge in [0.15, 0.2) is 0 Å². The van der Waals surface area contributed by atoms with Gasteiger partial charge in [0, 0.05) is 5.75 Å². The third-order valence-corrected chi connectivity index (χ3v) is 3.23. The maximum atomic E-state index is 9.02. The third-order valence-electron chi connectivity index (χ3n) is 1.72. The average Bonchev–Trinajstić information content (AvgIpc) is 2.16. The van der Waals surface area contributed by atoms with Crippen LogP contribution in [0.5, 0.6) is 0 Å². The molecule has 0 aromatic carbocycles. The van der Waals surface area contributed by atoms with Crippen molar-refractivity contribution < 1.29 is 10.2 Å². The summed E-state index contributed by atoms with van der Waals surface area (Å²) in [4.78, 5) is 0. The summed E-state index contributed by atoms with van der Waals surface area (Å²) in [6.45, 7) is -0.118. The summed E-state index contributed by atoms with van der Waals surface area (Å²) in [7, 11) is 0. The molecule has 0 rings (SSSR count). The van der Waals surface area contributed by atoms with Gasteiger partial charge < -0.3 is 10.2 Å². The van der Waals surface area contributed by atoms with E-state index in [-0.39, 0.29) is 6.61 Å². The first-order valence-corrected chi connectivity index (χ1v) is 6.57. The minimum Gasteiger partial charge on any atom is -0.394 e. The molecule has 2 N–H and O–H groups in total. The summed E-state index contributed by atoms with van der Waals surface area (Å²) in [5.74, 6) is 2.73.